The highest BCUT2D eigenvalue weighted by Gasteiger charge is 1.56. The summed E-state index contributed by atoms with van der Waals surface area (Å²) in [6.07, 6.45) is 5.14. The predicted octanol–water partition coefficient (Wildman–Crippen LogP) is 8.74. The van der Waals surface area contributed by atoms with Crippen molar-refractivity contribution in [3.63, 3.8) is 0 Å². The molecule has 0 N–H and O–H groups in total. The fourth-order valence-corrected chi connectivity index (χ4v) is 0. The molecule has 0 amide bonds. The minimum absolute atomic E-state index is 1.25. The van der Waals surface area contributed by atoms with E-state index in [0.717, 1.165) is 0 Å². The van der Waals surface area contributed by atoms with E-state index in [0.29, 0.717) is 0 Å². The average Bonchev–Trinajstić information content (AvgIpc) is 2.49. The molecule has 0 aliphatic carbocycles. The first-order valence-electron chi connectivity index (χ1n) is 8.74. The molecule has 0 nitrogen and oxygen atoms in total. The zero-order valence-electron chi connectivity index (χ0n) is 16.8. The van der Waals surface area contributed by atoms with Crippen LogP contribution in [-0.2, 0) is 0 Å². The van der Waals surface area contributed by atoms with Crippen LogP contribution in [0.4, 0.5) is 0 Å². The second-order valence-corrected chi connectivity index (χ2v) is 2.41. The lowest BCUT2D eigenvalue weighted by Crippen LogP contribution is -1.47. The fraction of sp³-hybridized carbons (Fsp3) is 1.00. The largest absolute Gasteiger partial charge is 0.0683 e. The highest BCUT2D eigenvalue weighted by Crippen LogP contribution is 1.76. The highest BCUT2D eigenvalue weighted by molar-refractivity contribution is 4.12. The van der Waals surface area contributed by atoms with Crippen LogP contribution >= 0.6 is 0 Å². The summed E-state index contributed by atoms with van der Waals surface area (Å²) in [6.45, 7) is 28.9. The Morgan fingerprint density at radius 3 is 0.389 bits per heavy atom. The van der Waals surface area contributed by atoms with Crippen molar-refractivity contribution in [3.8, 4) is 0 Å². The molecule has 0 atom stereocenters. The van der Waals surface area contributed by atoms with E-state index in [9.17, 15) is 0 Å². The van der Waals surface area contributed by atoms with Crippen LogP contribution in [0.5, 0.6) is 0 Å². The molecule has 0 aliphatic heterocycles. The minimum atomic E-state index is 1.25. The van der Waals surface area contributed by atoms with Gasteiger partial charge in [-0.2, -0.15) is 0 Å². The van der Waals surface area contributed by atoms with E-state index in [-0.39, 0.29) is 0 Å². The van der Waals surface area contributed by atoms with Gasteiger partial charge in [-0.15, -0.1) is 0 Å². The molecule has 0 saturated heterocycles. The minimum Gasteiger partial charge on any atom is -0.0683 e. The zero-order valence-corrected chi connectivity index (χ0v) is 16.8. The van der Waals surface area contributed by atoms with Crippen molar-refractivity contribution >= 4 is 0 Å². The molecule has 0 aliphatic rings. The molecule has 18 heavy (non-hydrogen) atoms. The Morgan fingerprint density at radius 1 is 0.333 bits per heavy atom. The van der Waals surface area contributed by atoms with Crippen molar-refractivity contribution in [2.24, 2.45) is 0 Å². The first-order valence-corrected chi connectivity index (χ1v) is 8.74. The zero-order chi connectivity index (χ0) is 16.8. The number of unbranched alkanes of at least 4 members (excludes halogenated alkanes) is 1. The van der Waals surface area contributed by atoms with Gasteiger partial charge < -0.3 is 0 Å². The van der Waals surface area contributed by atoms with Crippen molar-refractivity contribution in [1.29, 1.82) is 0 Å². The lowest BCUT2D eigenvalue weighted by Gasteiger charge is -1.68. The molecular formula is C18H50. The molecule has 0 rings (SSSR count). The Morgan fingerprint density at radius 2 is 0.389 bits per heavy atom. The van der Waals surface area contributed by atoms with Gasteiger partial charge in [-0.25, -0.2) is 0 Å². The molecule has 122 valence electrons. The van der Waals surface area contributed by atoms with Gasteiger partial charge in [0.25, 0.3) is 0 Å². The third-order valence-corrected chi connectivity index (χ3v) is 0.500. The van der Waals surface area contributed by atoms with Crippen molar-refractivity contribution in [1.82, 2.24) is 0 Å². The second-order valence-electron chi connectivity index (χ2n) is 2.41. The monoisotopic (exact) mass is 266 g/mol. The summed E-state index contributed by atoms with van der Waals surface area (Å²) in [6, 6.07) is 0. The van der Waals surface area contributed by atoms with Gasteiger partial charge in [-0.05, 0) is 0 Å². The van der Waals surface area contributed by atoms with Gasteiger partial charge in [-0.1, -0.05) is 123 Å². The molecule has 0 unspecified atom stereocenters. The van der Waals surface area contributed by atoms with E-state index < -0.39 is 0 Å². The quantitative estimate of drug-likeness (QED) is 0.445. The first kappa shape index (κ1) is 43.0. The van der Waals surface area contributed by atoms with Crippen LogP contribution in [0.3, 0.4) is 0 Å². The SMILES string of the molecule is CC.CC.CC.CC.CCC.CCC.CCCC. The maximum absolute atomic E-state index is 2.18. The summed E-state index contributed by atoms with van der Waals surface area (Å²) in [4.78, 5) is 0. The van der Waals surface area contributed by atoms with Gasteiger partial charge in [0, 0.05) is 0 Å². The van der Waals surface area contributed by atoms with E-state index in [1.54, 1.807) is 0 Å². The Labute approximate surface area is 123 Å². The van der Waals surface area contributed by atoms with Crippen molar-refractivity contribution in [2.75, 3.05) is 0 Å². The molecule has 0 radical (unpaired) electrons. The summed E-state index contributed by atoms with van der Waals surface area (Å²) in [7, 11) is 0. The summed E-state index contributed by atoms with van der Waals surface area (Å²) in [5.41, 5.74) is 0. The van der Waals surface area contributed by atoms with Crippen molar-refractivity contribution in [2.45, 2.75) is 123 Å². The Balaban J connectivity index is -0.0000000161. The Hall–Kier alpha value is 0. The predicted molar refractivity (Wildman–Crippen MR) is 97.9 cm³/mol. The van der Waals surface area contributed by atoms with Crippen LogP contribution in [0.25, 0.3) is 0 Å². The second kappa shape index (κ2) is 272. The molecule has 0 aromatic heterocycles. The average molecular weight is 267 g/mol. The van der Waals surface area contributed by atoms with Gasteiger partial charge >= 0.3 is 0 Å². The standard InChI is InChI=1S/C4H10.2C3H8.4C2H6/c1-3-4-2;2*1-3-2;4*1-2/h3-4H2,1-2H3;2*3H2,1-2H3;4*1-2H3. The molecule has 0 heteroatoms. The topological polar surface area (TPSA) is 0 Å². The van der Waals surface area contributed by atoms with Crippen LogP contribution < -0.4 is 0 Å². The van der Waals surface area contributed by atoms with Gasteiger partial charge in [-0.3, -0.25) is 0 Å². The Bertz CT molecular complexity index is 12.0. The lowest BCUT2D eigenvalue weighted by molar-refractivity contribution is 0.886. The molecule has 0 fully saturated rings. The van der Waals surface area contributed by atoms with Gasteiger partial charge in [0.1, 0.15) is 0 Å². The van der Waals surface area contributed by atoms with Crippen LogP contribution in [0.1, 0.15) is 123 Å². The van der Waals surface area contributed by atoms with Crippen molar-refractivity contribution in [3.05, 3.63) is 0 Å². The number of hydrogen-bond acceptors (Lipinski definition) is 0. The summed E-state index contributed by atoms with van der Waals surface area (Å²) in [5, 5.41) is 0. The van der Waals surface area contributed by atoms with Gasteiger partial charge in [0.15, 0.2) is 0 Å². The molecule has 0 spiro atoms. The van der Waals surface area contributed by atoms with Crippen LogP contribution in [0, 0.1) is 0 Å². The number of rotatable bonds is 1. The molecular weight excluding hydrogens is 216 g/mol. The van der Waals surface area contributed by atoms with Crippen LogP contribution in [0.15, 0.2) is 0 Å². The molecule has 0 saturated carbocycles. The Kier molecular flexibility index (Phi) is 650. The van der Waals surface area contributed by atoms with Crippen molar-refractivity contribution < 1.29 is 0 Å². The first-order chi connectivity index (χ1) is 8.74. The van der Waals surface area contributed by atoms with E-state index in [4.69, 9.17) is 0 Å². The molecule has 0 bridgehead atoms. The molecule has 0 heterocycles. The maximum Gasteiger partial charge on any atom is -0.0564 e. The third kappa shape index (κ3) is 3600. The number of hydrogen-bond donors (Lipinski definition) is 0. The van der Waals surface area contributed by atoms with Crippen LogP contribution in [-0.4, -0.2) is 0 Å². The summed E-state index contributed by atoms with van der Waals surface area (Å²) in [5.74, 6) is 0. The molecule has 0 aromatic rings. The maximum atomic E-state index is 2.18. The van der Waals surface area contributed by atoms with E-state index in [1.807, 2.05) is 55.4 Å². The summed E-state index contributed by atoms with van der Waals surface area (Å²) >= 11 is 0. The van der Waals surface area contributed by atoms with Gasteiger partial charge in [0.2, 0.25) is 0 Å². The lowest BCUT2D eigenvalue weighted by atomic mass is 10.4. The molecule has 0 aromatic carbocycles. The van der Waals surface area contributed by atoms with E-state index >= 15 is 0 Å². The van der Waals surface area contributed by atoms with E-state index in [1.165, 1.54) is 25.7 Å². The third-order valence-electron chi connectivity index (χ3n) is 0.500. The highest BCUT2D eigenvalue weighted by atomic mass is 13.6. The van der Waals surface area contributed by atoms with Crippen LogP contribution in [0.2, 0.25) is 0 Å². The van der Waals surface area contributed by atoms with Gasteiger partial charge in [0.05, 0.1) is 0 Å². The fourth-order valence-electron chi connectivity index (χ4n) is 0. The van der Waals surface area contributed by atoms with E-state index in [2.05, 4.69) is 41.5 Å². The summed E-state index contributed by atoms with van der Waals surface area (Å²) < 4.78 is 0. The normalized spacial score (nSPS) is 5.00. The smallest absolute Gasteiger partial charge is 0.0564 e.